The molecule has 0 N–H and O–H groups in total. The second kappa shape index (κ2) is 5.70. The Kier molecular flexibility index (Phi) is 4.00. The molecule has 0 atom stereocenters. The van der Waals surface area contributed by atoms with Crippen molar-refractivity contribution < 1.29 is 9.53 Å². The van der Waals surface area contributed by atoms with Gasteiger partial charge in [0.05, 0.1) is 7.11 Å². The first kappa shape index (κ1) is 13.3. The molecule has 0 aliphatic heterocycles. The molecule has 19 heavy (non-hydrogen) atoms. The van der Waals surface area contributed by atoms with E-state index in [0.717, 1.165) is 28.0 Å². The number of Topliss-reactive ketones (excluding diaryl/α,β-unsaturated/α-hetero) is 1. The minimum absolute atomic E-state index is 0.139. The monoisotopic (exact) mass is 254 g/mol. The zero-order valence-corrected chi connectivity index (χ0v) is 11.6. The topological polar surface area (TPSA) is 26.3 Å². The van der Waals surface area contributed by atoms with Crippen molar-refractivity contribution >= 4 is 5.78 Å². The van der Waals surface area contributed by atoms with Crippen molar-refractivity contribution in [1.29, 1.82) is 0 Å². The van der Waals surface area contributed by atoms with Crippen LogP contribution in [-0.4, -0.2) is 12.9 Å². The zero-order valence-electron chi connectivity index (χ0n) is 11.6. The van der Waals surface area contributed by atoms with Crippen molar-refractivity contribution in [1.82, 2.24) is 0 Å². The lowest BCUT2D eigenvalue weighted by atomic mass is 9.95. The standard InChI is InChI=1S/C17H18O2/c1-12-7-6-8-13(2)17(12)15(18)11-14-9-4-5-10-16(14)19-3/h4-10H,11H2,1-3H3. The van der Waals surface area contributed by atoms with Gasteiger partial charge in [-0.05, 0) is 31.0 Å². The number of hydrogen-bond acceptors (Lipinski definition) is 2. The van der Waals surface area contributed by atoms with Gasteiger partial charge in [0.15, 0.2) is 5.78 Å². The van der Waals surface area contributed by atoms with Crippen LogP contribution in [0.15, 0.2) is 42.5 Å². The number of ketones is 1. The molecule has 98 valence electrons. The van der Waals surface area contributed by atoms with E-state index in [2.05, 4.69) is 0 Å². The number of aryl methyl sites for hydroxylation is 2. The predicted octanol–water partition coefficient (Wildman–Crippen LogP) is 3.74. The summed E-state index contributed by atoms with van der Waals surface area (Å²) in [5.74, 6) is 0.905. The Bertz CT molecular complexity index is 580. The second-order valence-electron chi connectivity index (χ2n) is 4.68. The summed E-state index contributed by atoms with van der Waals surface area (Å²) < 4.78 is 5.29. The predicted molar refractivity (Wildman–Crippen MR) is 76.9 cm³/mol. The maximum Gasteiger partial charge on any atom is 0.167 e. The third-order valence-corrected chi connectivity index (χ3v) is 3.30. The van der Waals surface area contributed by atoms with Gasteiger partial charge in [-0.1, -0.05) is 36.4 Å². The van der Waals surface area contributed by atoms with E-state index < -0.39 is 0 Å². The molecule has 0 radical (unpaired) electrons. The Morgan fingerprint density at radius 2 is 1.63 bits per heavy atom. The van der Waals surface area contributed by atoms with Gasteiger partial charge in [-0.15, -0.1) is 0 Å². The molecule has 2 rings (SSSR count). The summed E-state index contributed by atoms with van der Waals surface area (Å²) in [6, 6.07) is 13.6. The van der Waals surface area contributed by atoms with Crippen molar-refractivity contribution in [3.8, 4) is 5.75 Å². The Morgan fingerprint density at radius 3 is 2.26 bits per heavy atom. The smallest absolute Gasteiger partial charge is 0.167 e. The summed E-state index contributed by atoms with van der Waals surface area (Å²) in [4.78, 5) is 12.5. The first-order valence-electron chi connectivity index (χ1n) is 6.34. The van der Waals surface area contributed by atoms with E-state index in [4.69, 9.17) is 4.74 Å². The van der Waals surface area contributed by atoms with E-state index in [1.54, 1.807) is 7.11 Å². The first-order chi connectivity index (χ1) is 9.13. The summed E-state index contributed by atoms with van der Waals surface area (Å²) in [6.45, 7) is 3.95. The number of rotatable bonds is 4. The van der Waals surface area contributed by atoms with Crippen LogP contribution in [0.25, 0.3) is 0 Å². The molecule has 2 heteroatoms. The molecule has 0 amide bonds. The first-order valence-corrected chi connectivity index (χ1v) is 6.34. The largest absolute Gasteiger partial charge is 0.496 e. The maximum atomic E-state index is 12.5. The average molecular weight is 254 g/mol. The molecule has 2 aromatic carbocycles. The number of para-hydroxylation sites is 1. The fourth-order valence-corrected chi connectivity index (χ4v) is 2.36. The SMILES string of the molecule is COc1ccccc1CC(=O)c1c(C)cccc1C. The zero-order chi connectivity index (χ0) is 13.8. The second-order valence-corrected chi connectivity index (χ2v) is 4.68. The molecule has 0 unspecified atom stereocenters. The van der Waals surface area contributed by atoms with E-state index in [9.17, 15) is 4.79 Å². The number of carbonyl (C=O) groups is 1. The molecule has 0 bridgehead atoms. The molecular formula is C17H18O2. The number of methoxy groups -OCH3 is 1. The molecule has 0 saturated heterocycles. The number of hydrogen-bond donors (Lipinski definition) is 0. The van der Waals surface area contributed by atoms with Crippen LogP contribution in [0, 0.1) is 13.8 Å². The van der Waals surface area contributed by atoms with Gasteiger partial charge in [-0.3, -0.25) is 4.79 Å². The van der Waals surface area contributed by atoms with E-state index in [-0.39, 0.29) is 5.78 Å². The quantitative estimate of drug-likeness (QED) is 0.777. The highest BCUT2D eigenvalue weighted by Gasteiger charge is 2.14. The maximum absolute atomic E-state index is 12.5. The third kappa shape index (κ3) is 2.84. The Labute approximate surface area is 114 Å². The van der Waals surface area contributed by atoms with Crippen molar-refractivity contribution in [2.75, 3.05) is 7.11 Å². The fourth-order valence-electron chi connectivity index (χ4n) is 2.36. The highest BCUT2D eigenvalue weighted by atomic mass is 16.5. The summed E-state index contributed by atoms with van der Waals surface area (Å²) in [5, 5.41) is 0. The number of ether oxygens (including phenoxy) is 1. The fraction of sp³-hybridized carbons (Fsp3) is 0.235. The Morgan fingerprint density at radius 1 is 1.00 bits per heavy atom. The summed E-state index contributed by atoms with van der Waals surface area (Å²) in [7, 11) is 1.63. The third-order valence-electron chi connectivity index (χ3n) is 3.30. The van der Waals surface area contributed by atoms with Gasteiger partial charge in [0.2, 0.25) is 0 Å². The van der Waals surface area contributed by atoms with E-state index >= 15 is 0 Å². The molecule has 0 saturated carbocycles. The van der Waals surface area contributed by atoms with Crippen molar-refractivity contribution in [3.05, 3.63) is 64.7 Å². The lowest BCUT2D eigenvalue weighted by Crippen LogP contribution is -2.08. The van der Waals surface area contributed by atoms with Crippen LogP contribution in [0.5, 0.6) is 5.75 Å². The van der Waals surface area contributed by atoms with Gasteiger partial charge in [0.25, 0.3) is 0 Å². The van der Waals surface area contributed by atoms with Gasteiger partial charge in [0, 0.05) is 17.5 Å². The van der Waals surface area contributed by atoms with Crippen LogP contribution in [0.3, 0.4) is 0 Å². The van der Waals surface area contributed by atoms with E-state index in [1.165, 1.54) is 0 Å². The number of benzene rings is 2. The van der Waals surface area contributed by atoms with Crippen molar-refractivity contribution in [2.24, 2.45) is 0 Å². The van der Waals surface area contributed by atoms with Crippen LogP contribution in [0.1, 0.15) is 27.0 Å². The van der Waals surface area contributed by atoms with Gasteiger partial charge < -0.3 is 4.74 Å². The lowest BCUT2D eigenvalue weighted by Gasteiger charge is -2.11. The van der Waals surface area contributed by atoms with Crippen LogP contribution in [-0.2, 0) is 6.42 Å². The Balaban J connectivity index is 2.31. The highest BCUT2D eigenvalue weighted by Crippen LogP contribution is 2.21. The van der Waals surface area contributed by atoms with E-state index in [1.807, 2.05) is 56.3 Å². The van der Waals surface area contributed by atoms with Crippen LogP contribution in [0.2, 0.25) is 0 Å². The Hall–Kier alpha value is -2.09. The van der Waals surface area contributed by atoms with E-state index in [0.29, 0.717) is 6.42 Å². The van der Waals surface area contributed by atoms with Crippen LogP contribution >= 0.6 is 0 Å². The summed E-state index contributed by atoms with van der Waals surface area (Å²) >= 11 is 0. The van der Waals surface area contributed by atoms with Crippen molar-refractivity contribution in [2.45, 2.75) is 20.3 Å². The molecule has 0 aliphatic rings. The molecule has 0 spiro atoms. The minimum Gasteiger partial charge on any atom is -0.496 e. The molecule has 2 aromatic rings. The normalized spacial score (nSPS) is 10.3. The molecule has 0 aromatic heterocycles. The summed E-state index contributed by atoms with van der Waals surface area (Å²) in [5.41, 5.74) is 3.81. The van der Waals surface area contributed by atoms with Gasteiger partial charge in [0.1, 0.15) is 5.75 Å². The van der Waals surface area contributed by atoms with Crippen molar-refractivity contribution in [3.63, 3.8) is 0 Å². The lowest BCUT2D eigenvalue weighted by molar-refractivity contribution is 0.0991. The molecule has 2 nitrogen and oxygen atoms in total. The van der Waals surface area contributed by atoms with Gasteiger partial charge in [-0.2, -0.15) is 0 Å². The van der Waals surface area contributed by atoms with Crippen LogP contribution in [0.4, 0.5) is 0 Å². The molecule has 0 aliphatic carbocycles. The average Bonchev–Trinajstić information content (AvgIpc) is 2.39. The molecular weight excluding hydrogens is 236 g/mol. The molecule has 0 heterocycles. The minimum atomic E-state index is 0.139. The molecule has 0 fully saturated rings. The van der Waals surface area contributed by atoms with Gasteiger partial charge in [-0.25, -0.2) is 0 Å². The van der Waals surface area contributed by atoms with Gasteiger partial charge >= 0.3 is 0 Å². The number of carbonyl (C=O) groups excluding carboxylic acids is 1. The highest BCUT2D eigenvalue weighted by molar-refractivity contribution is 6.00. The van der Waals surface area contributed by atoms with Crippen LogP contribution < -0.4 is 4.74 Å². The summed E-state index contributed by atoms with van der Waals surface area (Å²) in [6.07, 6.45) is 0.371.